The highest BCUT2D eigenvalue weighted by atomic mass is 32.2. The van der Waals surface area contributed by atoms with Crippen molar-refractivity contribution in [1.82, 2.24) is 4.31 Å². The van der Waals surface area contributed by atoms with Gasteiger partial charge in [-0.15, -0.1) is 0 Å². The summed E-state index contributed by atoms with van der Waals surface area (Å²) in [5.74, 6) is 0.231. The van der Waals surface area contributed by atoms with Crippen LogP contribution in [0.3, 0.4) is 0 Å². The molecule has 1 saturated heterocycles. The fourth-order valence-corrected chi connectivity index (χ4v) is 4.69. The smallest absolute Gasteiger partial charge is 0.243 e. The highest BCUT2D eigenvalue weighted by Crippen LogP contribution is 2.30. The van der Waals surface area contributed by atoms with Gasteiger partial charge in [-0.05, 0) is 29.7 Å². The van der Waals surface area contributed by atoms with Crippen LogP contribution >= 0.6 is 0 Å². The van der Waals surface area contributed by atoms with Gasteiger partial charge in [0.1, 0.15) is 5.75 Å². The molecule has 156 valence electrons. The first-order chi connectivity index (χ1) is 13.9. The number of methoxy groups -OCH3 is 1. The van der Waals surface area contributed by atoms with Crippen LogP contribution in [-0.2, 0) is 19.6 Å². The molecule has 1 aliphatic rings. The molecule has 8 heteroatoms. The summed E-state index contributed by atoms with van der Waals surface area (Å²) < 4.78 is 37.7. The number of rotatable bonds is 7. The van der Waals surface area contributed by atoms with Crippen LogP contribution in [0.15, 0.2) is 53.4 Å². The van der Waals surface area contributed by atoms with Gasteiger partial charge < -0.3 is 14.8 Å². The summed E-state index contributed by atoms with van der Waals surface area (Å²) in [7, 11) is -2.18. The molecule has 0 bridgehead atoms. The zero-order valence-corrected chi connectivity index (χ0v) is 17.4. The van der Waals surface area contributed by atoms with E-state index in [1.807, 2.05) is 37.3 Å². The van der Waals surface area contributed by atoms with Crippen LogP contribution in [0.5, 0.6) is 5.75 Å². The highest BCUT2D eigenvalue weighted by Gasteiger charge is 2.27. The molecule has 2 aromatic carbocycles. The Bertz CT molecular complexity index is 941. The number of carbonyl (C=O) groups excluding carboxylic acids is 1. The second kappa shape index (κ2) is 9.39. The van der Waals surface area contributed by atoms with Crippen LogP contribution in [0, 0.1) is 0 Å². The maximum atomic E-state index is 12.9. The second-order valence-corrected chi connectivity index (χ2v) is 8.88. The molecule has 7 nitrogen and oxygen atoms in total. The van der Waals surface area contributed by atoms with E-state index in [9.17, 15) is 13.2 Å². The third-order valence-corrected chi connectivity index (χ3v) is 6.81. The van der Waals surface area contributed by atoms with Crippen molar-refractivity contribution < 1.29 is 22.7 Å². The lowest BCUT2D eigenvalue weighted by atomic mass is 9.97. The molecular formula is C21H26N2O5S. The Labute approximate surface area is 171 Å². The van der Waals surface area contributed by atoms with E-state index in [1.165, 1.54) is 23.5 Å². The SMILES string of the molecule is COc1ccc(S(=O)(=O)N2CCOCC2)cc1NC(=O)C[C@@H](C)c1ccccc1. The molecule has 1 amide bonds. The van der Waals surface area contributed by atoms with Gasteiger partial charge in [-0.2, -0.15) is 4.31 Å². The molecule has 0 unspecified atom stereocenters. The first-order valence-electron chi connectivity index (χ1n) is 9.52. The summed E-state index contributed by atoms with van der Waals surface area (Å²) in [6.07, 6.45) is 0.271. The van der Waals surface area contributed by atoms with Crippen molar-refractivity contribution in [2.45, 2.75) is 24.2 Å². The van der Waals surface area contributed by atoms with Crippen molar-refractivity contribution in [3.63, 3.8) is 0 Å². The Hall–Kier alpha value is -2.42. The zero-order valence-electron chi connectivity index (χ0n) is 16.6. The van der Waals surface area contributed by atoms with Crippen molar-refractivity contribution >= 4 is 21.6 Å². The predicted octanol–water partition coefficient (Wildman–Crippen LogP) is 2.85. The van der Waals surface area contributed by atoms with E-state index in [-0.39, 0.29) is 23.1 Å². The fourth-order valence-electron chi connectivity index (χ4n) is 3.26. The van der Waals surface area contributed by atoms with E-state index in [2.05, 4.69) is 5.32 Å². The number of sulfonamides is 1. The molecule has 2 aromatic rings. The predicted molar refractivity (Wildman–Crippen MR) is 111 cm³/mol. The Balaban J connectivity index is 1.77. The molecule has 0 aromatic heterocycles. The Morgan fingerprint density at radius 2 is 1.86 bits per heavy atom. The van der Waals surface area contributed by atoms with E-state index in [1.54, 1.807) is 6.07 Å². The van der Waals surface area contributed by atoms with Crippen molar-refractivity contribution in [2.75, 3.05) is 38.7 Å². The lowest BCUT2D eigenvalue weighted by molar-refractivity contribution is -0.116. The maximum absolute atomic E-state index is 12.9. The Morgan fingerprint density at radius 1 is 1.17 bits per heavy atom. The topological polar surface area (TPSA) is 84.9 Å². The summed E-state index contributed by atoms with van der Waals surface area (Å²) in [6, 6.07) is 14.3. The van der Waals surface area contributed by atoms with Gasteiger partial charge in [-0.1, -0.05) is 37.3 Å². The molecule has 1 atom stereocenters. The summed E-state index contributed by atoms with van der Waals surface area (Å²) in [6.45, 7) is 3.34. The summed E-state index contributed by atoms with van der Waals surface area (Å²) in [5, 5.41) is 2.81. The molecule has 0 saturated carbocycles. The minimum Gasteiger partial charge on any atom is -0.495 e. The third kappa shape index (κ3) is 5.14. The molecular weight excluding hydrogens is 392 g/mol. The number of hydrogen-bond acceptors (Lipinski definition) is 5. The molecule has 1 heterocycles. The van der Waals surface area contributed by atoms with Gasteiger partial charge in [0.15, 0.2) is 0 Å². The van der Waals surface area contributed by atoms with Crippen LogP contribution in [0.2, 0.25) is 0 Å². The molecule has 0 spiro atoms. The van der Waals surface area contributed by atoms with Gasteiger partial charge >= 0.3 is 0 Å². The monoisotopic (exact) mass is 418 g/mol. The third-order valence-electron chi connectivity index (χ3n) is 4.91. The van der Waals surface area contributed by atoms with Gasteiger partial charge in [0.25, 0.3) is 0 Å². The molecule has 1 aliphatic heterocycles. The number of anilines is 1. The van der Waals surface area contributed by atoms with Crippen LogP contribution in [0.25, 0.3) is 0 Å². The number of benzene rings is 2. The molecule has 1 fully saturated rings. The van der Waals surface area contributed by atoms with Gasteiger partial charge in [0, 0.05) is 19.5 Å². The number of ether oxygens (including phenoxy) is 2. The van der Waals surface area contributed by atoms with E-state index in [4.69, 9.17) is 9.47 Å². The molecule has 3 rings (SSSR count). The average molecular weight is 419 g/mol. The Morgan fingerprint density at radius 3 is 2.52 bits per heavy atom. The largest absolute Gasteiger partial charge is 0.495 e. The van der Waals surface area contributed by atoms with Crippen molar-refractivity contribution in [3.05, 3.63) is 54.1 Å². The van der Waals surface area contributed by atoms with Crippen molar-refractivity contribution in [2.24, 2.45) is 0 Å². The number of nitrogens with zero attached hydrogens (tertiary/aromatic N) is 1. The van der Waals surface area contributed by atoms with E-state index in [0.717, 1.165) is 5.56 Å². The van der Waals surface area contributed by atoms with Crippen LogP contribution in [-0.4, -0.2) is 52.0 Å². The molecule has 0 radical (unpaired) electrons. The quantitative estimate of drug-likeness (QED) is 0.747. The lowest BCUT2D eigenvalue weighted by Crippen LogP contribution is -2.40. The minimum atomic E-state index is -3.66. The number of amides is 1. The van der Waals surface area contributed by atoms with Crippen molar-refractivity contribution in [3.8, 4) is 5.75 Å². The maximum Gasteiger partial charge on any atom is 0.243 e. The van der Waals surface area contributed by atoms with Gasteiger partial charge in [0.05, 0.1) is 30.9 Å². The van der Waals surface area contributed by atoms with E-state index in [0.29, 0.717) is 37.7 Å². The molecule has 0 aliphatic carbocycles. The zero-order chi connectivity index (χ0) is 20.9. The van der Waals surface area contributed by atoms with Crippen molar-refractivity contribution in [1.29, 1.82) is 0 Å². The van der Waals surface area contributed by atoms with Crippen LogP contribution in [0.4, 0.5) is 5.69 Å². The average Bonchev–Trinajstić information content (AvgIpc) is 2.74. The van der Waals surface area contributed by atoms with Gasteiger partial charge in [-0.25, -0.2) is 8.42 Å². The Kier molecular flexibility index (Phi) is 6.89. The molecule has 1 N–H and O–H groups in total. The standard InChI is InChI=1S/C21H26N2O5S/c1-16(17-6-4-3-5-7-17)14-21(24)22-19-15-18(8-9-20(19)27-2)29(25,26)23-10-12-28-13-11-23/h3-9,15-16H,10-14H2,1-2H3,(H,22,24)/t16-/m1/s1. The number of hydrogen-bond donors (Lipinski definition) is 1. The normalized spacial score (nSPS) is 16.2. The first kappa shape index (κ1) is 21.3. The number of nitrogens with one attached hydrogen (secondary N) is 1. The second-order valence-electron chi connectivity index (χ2n) is 6.94. The summed E-state index contributed by atoms with van der Waals surface area (Å²) in [5.41, 5.74) is 1.41. The molecule has 29 heavy (non-hydrogen) atoms. The highest BCUT2D eigenvalue weighted by molar-refractivity contribution is 7.89. The van der Waals surface area contributed by atoms with Gasteiger partial charge in [-0.3, -0.25) is 4.79 Å². The van der Waals surface area contributed by atoms with Gasteiger partial charge in [0.2, 0.25) is 15.9 Å². The van der Waals surface area contributed by atoms with E-state index < -0.39 is 10.0 Å². The first-order valence-corrected chi connectivity index (χ1v) is 11.0. The minimum absolute atomic E-state index is 0.0301. The van der Waals surface area contributed by atoms with E-state index >= 15 is 0 Å². The van der Waals surface area contributed by atoms with Crippen LogP contribution < -0.4 is 10.1 Å². The summed E-state index contributed by atoms with van der Waals surface area (Å²) >= 11 is 0. The number of morpholine rings is 1. The van der Waals surface area contributed by atoms with Crippen LogP contribution in [0.1, 0.15) is 24.8 Å². The number of carbonyl (C=O) groups is 1. The lowest BCUT2D eigenvalue weighted by Gasteiger charge is -2.26. The fraction of sp³-hybridized carbons (Fsp3) is 0.381. The summed E-state index contributed by atoms with van der Waals surface area (Å²) in [4.78, 5) is 12.7.